The highest BCUT2D eigenvalue weighted by atomic mass is 32.1. The van der Waals surface area contributed by atoms with Crippen LogP contribution in [-0.4, -0.2) is 35.3 Å². The summed E-state index contributed by atoms with van der Waals surface area (Å²) in [7, 11) is 3.15. The van der Waals surface area contributed by atoms with Crippen molar-refractivity contribution < 1.29 is 19.0 Å². The molecule has 0 aliphatic rings. The summed E-state index contributed by atoms with van der Waals surface area (Å²) >= 11 is 1.28. The number of nitrogens with zero attached hydrogens (tertiary/aromatic N) is 3. The zero-order valence-corrected chi connectivity index (χ0v) is 18.3. The summed E-state index contributed by atoms with van der Waals surface area (Å²) < 4.78 is 16.4. The predicted molar refractivity (Wildman–Crippen MR) is 121 cm³/mol. The third-order valence-corrected chi connectivity index (χ3v) is 5.44. The maximum Gasteiger partial charge on any atom is 0.257 e. The van der Waals surface area contributed by atoms with Crippen molar-refractivity contribution in [3.63, 3.8) is 0 Å². The van der Waals surface area contributed by atoms with Gasteiger partial charge < -0.3 is 14.2 Å². The van der Waals surface area contributed by atoms with Crippen LogP contribution in [-0.2, 0) is 6.61 Å². The number of anilines is 1. The molecule has 162 valence electrons. The third-order valence-electron chi connectivity index (χ3n) is 4.55. The van der Waals surface area contributed by atoms with Gasteiger partial charge in [-0.1, -0.05) is 23.5 Å². The van der Waals surface area contributed by atoms with Crippen LogP contribution in [0.4, 0.5) is 5.13 Å². The van der Waals surface area contributed by atoms with Crippen LogP contribution in [0.3, 0.4) is 0 Å². The van der Waals surface area contributed by atoms with Gasteiger partial charge in [0.25, 0.3) is 5.91 Å². The van der Waals surface area contributed by atoms with E-state index in [-0.39, 0.29) is 5.91 Å². The molecule has 1 N–H and O–H groups in total. The zero-order chi connectivity index (χ0) is 22.3. The standard InChI is InChI=1S/C23H20N4O4S/c1-29-18-6-3-15(4-7-18)14-31-19-8-5-17(13-20(19)30-2)21(28)25-23-27-26-22(32-23)16-9-11-24-12-10-16/h3-13H,14H2,1-2H3,(H,25,27,28). The van der Waals surface area contributed by atoms with Crippen LogP contribution in [0.5, 0.6) is 17.2 Å². The Kier molecular flexibility index (Phi) is 6.57. The minimum atomic E-state index is -0.317. The summed E-state index contributed by atoms with van der Waals surface area (Å²) in [5, 5.41) is 12.0. The molecule has 0 unspecified atom stereocenters. The first-order valence-electron chi connectivity index (χ1n) is 9.65. The van der Waals surface area contributed by atoms with Gasteiger partial charge in [0.05, 0.1) is 14.2 Å². The summed E-state index contributed by atoms with van der Waals surface area (Å²) in [5.41, 5.74) is 2.29. The molecule has 1 amide bonds. The Labute approximate surface area is 188 Å². The molecule has 2 aromatic heterocycles. The van der Waals surface area contributed by atoms with Gasteiger partial charge >= 0.3 is 0 Å². The van der Waals surface area contributed by atoms with E-state index in [4.69, 9.17) is 14.2 Å². The number of nitrogens with one attached hydrogen (secondary N) is 1. The van der Waals surface area contributed by atoms with Gasteiger partial charge in [0, 0.05) is 23.5 Å². The van der Waals surface area contributed by atoms with E-state index in [0.29, 0.717) is 33.8 Å². The van der Waals surface area contributed by atoms with Crippen molar-refractivity contribution in [2.45, 2.75) is 6.61 Å². The van der Waals surface area contributed by atoms with Crippen molar-refractivity contribution in [3.05, 3.63) is 78.1 Å². The molecule has 4 aromatic rings. The molecule has 9 heteroatoms. The van der Waals surface area contributed by atoms with E-state index in [1.165, 1.54) is 18.4 Å². The van der Waals surface area contributed by atoms with Crippen LogP contribution in [0.2, 0.25) is 0 Å². The lowest BCUT2D eigenvalue weighted by molar-refractivity contribution is 0.102. The van der Waals surface area contributed by atoms with Crippen LogP contribution >= 0.6 is 11.3 Å². The average Bonchev–Trinajstić information content (AvgIpc) is 3.32. The Hall–Kier alpha value is -3.98. The Balaban J connectivity index is 1.42. The third kappa shape index (κ3) is 5.01. The molecule has 32 heavy (non-hydrogen) atoms. The first-order chi connectivity index (χ1) is 15.7. The number of rotatable bonds is 8. The van der Waals surface area contributed by atoms with Crippen molar-refractivity contribution in [2.24, 2.45) is 0 Å². The largest absolute Gasteiger partial charge is 0.497 e. The van der Waals surface area contributed by atoms with Crippen molar-refractivity contribution in [1.29, 1.82) is 0 Å². The molecule has 0 radical (unpaired) electrons. The highest BCUT2D eigenvalue weighted by Crippen LogP contribution is 2.30. The fourth-order valence-electron chi connectivity index (χ4n) is 2.87. The van der Waals surface area contributed by atoms with Gasteiger partial charge in [0.2, 0.25) is 5.13 Å². The second-order valence-electron chi connectivity index (χ2n) is 6.60. The monoisotopic (exact) mass is 448 g/mol. The minimum Gasteiger partial charge on any atom is -0.497 e. The number of benzene rings is 2. The first-order valence-corrected chi connectivity index (χ1v) is 10.5. The lowest BCUT2D eigenvalue weighted by Gasteiger charge is -2.12. The predicted octanol–water partition coefficient (Wildman–Crippen LogP) is 4.45. The van der Waals surface area contributed by atoms with Crippen molar-refractivity contribution in [3.8, 4) is 27.8 Å². The summed E-state index contributed by atoms with van der Waals surface area (Å²) in [4.78, 5) is 16.7. The van der Waals surface area contributed by atoms with E-state index in [0.717, 1.165) is 16.9 Å². The number of hydrogen-bond donors (Lipinski definition) is 1. The quantitative estimate of drug-likeness (QED) is 0.425. The molecule has 2 heterocycles. The molecule has 0 spiro atoms. The van der Waals surface area contributed by atoms with Crippen LogP contribution in [0.1, 0.15) is 15.9 Å². The molecule has 2 aromatic carbocycles. The summed E-state index contributed by atoms with van der Waals surface area (Å²) in [6.07, 6.45) is 3.36. The van der Waals surface area contributed by atoms with Gasteiger partial charge in [-0.05, 0) is 48.0 Å². The van der Waals surface area contributed by atoms with Gasteiger partial charge in [-0.15, -0.1) is 10.2 Å². The number of hydrogen-bond acceptors (Lipinski definition) is 8. The van der Waals surface area contributed by atoms with Gasteiger partial charge in [-0.25, -0.2) is 0 Å². The van der Waals surface area contributed by atoms with E-state index in [9.17, 15) is 4.79 Å². The van der Waals surface area contributed by atoms with Crippen molar-refractivity contribution in [1.82, 2.24) is 15.2 Å². The highest BCUT2D eigenvalue weighted by Gasteiger charge is 2.14. The van der Waals surface area contributed by atoms with E-state index < -0.39 is 0 Å². The SMILES string of the molecule is COc1ccc(COc2ccc(C(=O)Nc3nnc(-c4ccncc4)s3)cc2OC)cc1. The second-order valence-corrected chi connectivity index (χ2v) is 7.58. The summed E-state index contributed by atoms with van der Waals surface area (Å²) in [5.74, 6) is 1.46. The maximum atomic E-state index is 12.7. The van der Waals surface area contributed by atoms with E-state index >= 15 is 0 Å². The Morgan fingerprint density at radius 2 is 1.72 bits per heavy atom. The number of amides is 1. The van der Waals surface area contributed by atoms with Crippen LogP contribution in [0.15, 0.2) is 67.0 Å². The smallest absolute Gasteiger partial charge is 0.257 e. The Bertz CT molecular complexity index is 1200. The maximum absolute atomic E-state index is 12.7. The lowest BCUT2D eigenvalue weighted by Crippen LogP contribution is -2.12. The second kappa shape index (κ2) is 9.88. The molecule has 0 saturated heterocycles. The topological polar surface area (TPSA) is 95.5 Å². The molecule has 0 bridgehead atoms. The Morgan fingerprint density at radius 3 is 2.44 bits per heavy atom. The van der Waals surface area contributed by atoms with Crippen LogP contribution in [0, 0.1) is 0 Å². The first kappa shape index (κ1) is 21.3. The fourth-order valence-corrected chi connectivity index (χ4v) is 3.61. The molecule has 8 nitrogen and oxygen atoms in total. The van der Waals surface area contributed by atoms with Gasteiger partial charge in [0.15, 0.2) is 11.5 Å². The van der Waals surface area contributed by atoms with Crippen LogP contribution in [0.25, 0.3) is 10.6 Å². The van der Waals surface area contributed by atoms with Gasteiger partial charge in [0.1, 0.15) is 17.4 Å². The number of carbonyl (C=O) groups is 1. The number of pyridine rings is 1. The number of carbonyl (C=O) groups excluding carboxylic acids is 1. The van der Waals surface area contributed by atoms with E-state index in [1.54, 1.807) is 37.7 Å². The average molecular weight is 449 g/mol. The molecular weight excluding hydrogens is 428 g/mol. The summed E-state index contributed by atoms with van der Waals surface area (Å²) in [6.45, 7) is 0.356. The van der Waals surface area contributed by atoms with Gasteiger partial charge in [-0.3, -0.25) is 15.1 Å². The molecular formula is C23H20N4O4S. The molecule has 0 aliphatic heterocycles. The normalized spacial score (nSPS) is 10.4. The number of ether oxygens (including phenoxy) is 3. The molecule has 4 rings (SSSR count). The fraction of sp³-hybridized carbons (Fsp3) is 0.130. The number of methoxy groups -OCH3 is 2. The molecule has 0 fully saturated rings. The Morgan fingerprint density at radius 1 is 0.938 bits per heavy atom. The van der Waals surface area contributed by atoms with E-state index in [1.807, 2.05) is 36.4 Å². The van der Waals surface area contributed by atoms with Crippen molar-refractivity contribution in [2.75, 3.05) is 19.5 Å². The minimum absolute atomic E-state index is 0.317. The molecule has 0 aliphatic carbocycles. The summed E-state index contributed by atoms with van der Waals surface area (Å²) in [6, 6.07) is 16.3. The zero-order valence-electron chi connectivity index (χ0n) is 17.4. The van der Waals surface area contributed by atoms with Crippen LogP contribution < -0.4 is 19.5 Å². The molecule has 0 atom stereocenters. The lowest BCUT2D eigenvalue weighted by atomic mass is 10.2. The van der Waals surface area contributed by atoms with E-state index in [2.05, 4.69) is 20.5 Å². The molecule has 0 saturated carbocycles. The highest BCUT2D eigenvalue weighted by molar-refractivity contribution is 7.18. The number of aromatic nitrogens is 3. The van der Waals surface area contributed by atoms with Gasteiger partial charge in [-0.2, -0.15) is 0 Å². The van der Waals surface area contributed by atoms with Crippen molar-refractivity contribution >= 4 is 22.4 Å².